The van der Waals surface area contributed by atoms with Crippen LogP contribution in [0.25, 0.3) is 0 Å². The van der Waals surface area contributed by atoms with E-state index in [0.29, 0.717) is 5.41 Å². The number of hydrogen-bond donors (Lipinski definition) is 0. The zero-order valence-electron chi connectivity index (χ0n) is 10.5. The van der Waals surface area contributed by atoms with Crippen molar-refractivity contribution in [3.8, 4) is 0 Å². The molecule has 0 spiro atoms. The normalized spacial score (nSPS) is 12.0. The topological polar surface area (TPSA) is 0 Å². The molecule has 0 aromatic heterocycles. The van der Waals surface area contributed by atoms with E-state index in [4.69, 9.17) is 11.6 Å². The van der Waals surface area contributed by atoms with Gasteiger partial charge in [0.05, 0.1) is 0 Å². The van der Waals surface area contributed by atoms with E-state index in [1.54, 1.807) is 0 Å². The van der Waals surface area contributed by atoms with Gasteiger partial charge in [0.1, 0.15) is 0 Å². The van der Waals surface area contributed by atoms with Gasteiger partial charge in [-0.3, -0.25) is 0 Å². The Morgan fingerprint density at radius 1 is 0.769 bits per heavy atom. The molecular formula is C12H27Cl. The molecule has 0 N–H and O–H groups in total. The summed E-state index contributed by atoms with van der Waals surface area (Å²) in [6, 6.07) is 0. The molecule has 0 nitrogen and oxygen atoms in total. The van der Waals surface area contributed by atoms with Crippen LogP contribution < -0.4 is 0 Å². The van der Waals surface area contributed by atoms with Crippen molar-refractivity contribution in [3.05, 3.63) is 0 Å². The second-order valence-corrected chi connectivity index (χ2v) is 5.97. The minimum atomic E-state index is 0.0139. The monoisotopic (exact) mass is 206 g/mol. The summed E-state index contributed by atoms with van der Waals surface area (Å²) in [5.41, 5.74) is 0.583. The smallest absolute Gasteiger partial charge is 0.0388 e. The maximum absolute atomic E-state index is 5.72. The van der Waals surface area contributed by atoms with Crippen LogP contribution in [-0.2, 0) is 0 Å². The molecule has 0 bridgehead atoms. The summed E-state index contributed by atoms with van der Waals surface area (Å²) < 4.78 is 0. The lowest BCUT2D eigenvalue weighted by Crippen LogP contribution is -2.05. The van der Waals surface area contributed by atoms with Crippen molar-refractivity contribution >= 4 is 11.6 Å². The number of halogens is 1. The van der Waals surface area contributed by atoms with Gasteiger partial charge in [0.2, 0.25) is 0 Å². The van der Waals surface area contributed by atoms with Crippen LogP contribution in [0.1, 0.15) is 67.7 Å². The second kappa shape index (κ2) is 6.70. The fourth-order valence-electron chi connectivity index (χ4n) is 0.250. The Morgan fingerprint density at radius 3 is 1.00 bits per heavy atom. The van der Waals surface area contributed by atoms with E-state index < -0.39 is 0 Å². The summed E-state index contributed by atoms with van der Waals surface area (Å²) in [4.78, 5) is 0.0139. The van der Waals surface area contributed by atoms with E-state index in [-0.39, 0.29) is 4.87 Å². The van der Waals surface area contributed by atoms with Crippen molar-refractivity contribution in [2.75, 3.05) is 0 Å². The molecule has 0 saturated carbocycles. The molecule has 0 heterocycles. The first-order valence-corrected chi connectivity index (χ1v) is 5.75. The van der Waals surface area contributed by atoms with Crippen molar-refractivity contribution in [1.82, 2.24) is 0 Å². The molecule has 13 heavy (non-hydrogen) atoms. The third-order valence-electron chi connectivity index (χ3n) is 2.75. The maximum Gasteiger partial charge on any atom is 0.0388 e. The Morgan fingerprint density at radius 2 is 1.00 bits per heavy atom. The third kappa shape index (κ3) is 15.1. The molecular weight excluding hydrogens is 180 g/mol. The molecule has 0 aromatic rings. The predicted molar refractivity (Wildman–Crippen MR) is 64.6 cm³/mol. The Balaban J connectivity index is 0. The second-order valence-electron chi connectivity index (χ2n) is 4.94. The van der Waals surface area contributed by atoms with E-state index in [0.717, 1.165) is 6.42 Å². The molecule has 0 aliphatic rings. The highest BCUT2D eigenvalue weighted by molar-refractivity contribution is 6.23. The lowest BCUT2D eigenvalue weighted by atomic mass is 9.88. The summed E-state index contributed by atoms with van der Waals surface area (Å²) in [5.74, 6) is 0. The Bertz CT molecular complexity index is 103. The first kappa shape index (κ1) is 15.7. The molecule has 0 unspecified atom stereocenters. The Labute approximate surface area is 90.1 Å². The van der Waals surface area contributed by atoms with Crippen LogP contribution in [0, 0.1) is 5.41 Å². The molecule has 0 aliphatic heterocycles. The lowest BCUT2D eigenvalue weighted by Gasteiger charge is -2.18. The highest BCUT2D eigenvalue weighted by Crippen LogP contribution is 2.22. The summed E-state index contributed by atoms with van der Waals surface area (Å²) in [6.45, 7) is 15.2. The van der Waals surface area contributed by atoms with Crippen molar-refractivity contribution < 1.29 is 0 Å². The minimum absolute atomic E-state index is 0.0139. The summed E-state index contributed by atoms with van der Waals surface area (Å²) in [5, 5.41) is 0. The van der Waals surface area contributed by atoms with Gasteiger partial charge in [0.25, 0.3) is 0 Å². The summed E-state index contributed by atoms with van der Waals surface area (Å²) in [7, 11) is 0. The van der Waals surface area contributed by atoms with Gasteiger partial charge in [-0.25, -0.2) is 0 Å². The Hall–Kier alpha value is 0.290. The van der Waals surface area contributed by atoms with Crippen LogP contribution in [0.3, 0.4) is 0 Å². The van der Waals surface area contributed by atoms with Crippen LogP contribution in [-0.4, -0.2) is 4.87 Å². The predicted octanol–water partition coefficient (Wildman–Crippen LogP) is 5.25. The van der Waals surface area contributed by atoms with Crippen LogP contribution in [0.15, 0.2) is 0 Å². The van der Waals surface area contributed by atoms with Crippen molar-refractivity contribution in [2.45, 2.75) is 72.6 Å². The van der Waals surface area contributed by atoms with Gasteiger partial charge in [-0.15, -0.1) is 11.6 Å². The number of rotatable bonds is 3. The van der Waals surface area contributed by atoms with Crippen LogP contribution in [0.2, 0.25) is 0 Å². The molecule has 0 rings (SSSR count). The van der Waals surface area contributed by atoms with Crippen LogP contribution in [0.4, 0.5) is 0 Å². The first-order valence-electron chi connectivity index (χ1n) is 5.37. The molecule has 0 radical (unpaired) electrons. The number of alkyl halides is 1. The molecule has 0 fully saturated rings. The largest absolute Gasteiger partial charge is 0.120 e. The lowest BCUT2D eigenvalue weighted by molar-refractivity contribution is 0.338. The van der Waals surface area contributed by atoms with Crippen LogP contribution >= 0.6 is 11.6 Å². The molecule has 0 amide bonds. The molecule has 1 heteroatoms. The Kier molecular flexibility index (Phi) is 8.12. The average Bonchev–Trinajstić information content (AvgIpc) is 2.04. The molecule has 0 saturated heterocycles. The van der Waals surface area contributed by atoms with Gasteiger partial charge in [-0.2, -0.15) is 0 Å². The van der Waals surface area contributed by atoms with Crippen molar-refractivity contribution in [3.63, 3.8) is 0 Å². The first-order chi connectivity index (χ1) is 5.68. The standard InChI is InChI=1S/C7H16.C5H11Cl/c1-5-7(3,4)6-2;1-4-5(2,3)6/h5-6H2,1-4H3;4H2,1-3H3. The van der Waals surface area contributed by atoms with E-state index in [1.807, 2.05) is 13.8 Å². The average molecular weight is 207 g/mol. The van der Waals surface area contributed by atoms with Gasteiger partial charge >= 0.3 is 0 Å². The minimum Gasteiger partial charge on any atom is -0.120 e. The summed E-state index contributed by atoms with van der Waals surface area (Å²) in [6.07, 6.45) is 3.63. The van der Waals surface area contributed by atoms with Gasteiger partial charge in [0, 0.05) is 4.87 Å². The van der Waals surface area contributed by atoms with E-state index in [1.165, 1.54) is 12.8 Å². The van der Waals surface area contributed by atoms with E-state index in [9.17, 15) is 0 Å². The van der Waals surface area contributed by atoms with Crippen molar-refractivity contribution in [1.29, 1.82) is 0 Å². The molecule has 0 atom stereocenters. The van der Waals surface area contributed by atoms with Gasteiger partial charge < -0.3 is 0 Å². The highest BCUT2D eigenvalue weighted by atomic mass is 35.5. The molecule has 0 aliphatic carbocycles. The maximum atomic E-state index is 5.72. The van der Waals surface area contributed by atoms with Crippen LogP contribution in [0.5, 0.6) is 0 Å². The number of hydrogen-bond acceptors (Lipinski definition) is 0. The fourth-order valence-corrected chi connectivity index (χ4v) is 0.250. The van der Waals surface area contributed by atoms with E-state index >= 15 is 0 Å². The quantitative estimate of drug-likeness (QED) is 0.554. The zero-order valence-corrected chi connectivity index (χ0v) is 11.3. The van der Waals surface area contributed by atoms with Gasteiger partial charge in [-0.1, -0.05) is 47.5 Å². The molecule has 0 aromatic carbocycles. The zero-order chi connectivity index (χ0) is 11.1. The summed E-state index contributed by atoms with van der Waals surface area (Å²) >= 11 is 5.72. The fraction of sp³-hybridized carbons (Fsp3) is 1.00. The highest BCUT2D eigenvalue weighted by Gasteiger charge is 2.09. The SMILES string of the molecule is CCC(C)(C)CC.CCC(C)(C)Cl. The van der Waals surface area contributed by atoms with Gasteiger partial charge in [-0.05, 0) is 25.7 Å². The van der Waals surface area contributed by atoms with Gasteiger partial charge in [0.15, 0.2) is 0 Å². The van der Waals surface area contributed by atoms with Crippen molar-refractivity contribution in [2.24, 2.45) is 5.41 Å². The third-order valence-corrected chi connectivity index (χ3v) is 3.02. The van der Waals surface area contributed by atoms with E-state index in [2.05, 4.69) is 34.6 Å². The molecule has 82 valence electrons.